The summed E-state index contributed by atoms with van der Waals surface area (Å²) < 4.78 is 7.49. The van der Waals surface area contributed by atoms with Crippen LogP contribution in [0.15, 0.2) is 0 Å². The lowest BCUT2D eigenvalue weighted by molar-refractivity contribution is 0.105. The second-order valence-electron chi connectivity index (χ2n) is 5.74. The van der Waals surface area contributed by atoms with Gasteiger partial charge in [-0.25, -0.2) is 0 Å². The van der Waals surface area contributed by atoms with Crippen molar-refractivity contribution in [2.75, 3.05) is 7.11 Å². The molecule has 17 heavy (non-hydrogen) atoms. The van der Waals surface area contributed by atoms with Crippen LogP contribution in [0.3, 0.4) is 0 Å². The summed E-state index contributed by atoms with van der Waals surface area (Å²) in [4.78, 5) is 0. The van der Waals surface area contributed by atoms with Crippen molar-refractivity contribution in [3.8, 4) is 0 Å². The van der Waals surface area contributed by atoms with Gasteiger partial charge in [-0.2, -0.15) is 0 Å². The van der Waals surface area contributed by atoms with Crippen molar-refractivity contribution in [1.29, 1.82) is 0 Å². The molecule has 1 saturated carbocycles. The molecule has 1 aliphatic carbocycles. The first-order valence-electron chi connectivity index (χ1n) is 6.07. The second-order valence-corrected chi connectivity index (χ2v) is 6.08. The van der Waals surface area contributed by atoms with Crippen molar-refractivity contribution >= 4 is 11.6 Å². The van der Waals surface area contributed by atoms with Gasteiger partial charge < -0.3 is 4.74 Å². The van der Waals surface area contributed by atoms with Crippen molar-refractivity contribution in [2.24, 2.45) is 0 Å². The molecule has 0 N–H and O–H groups in total. The molecule has 0 radical (unpaired) electrons. The van der Waals surface area contributed by atoms with E-state index in [-0.39, 0.29) is 5.41 Å². The van der Waals surface area contributed by atoms with Gasteiger partial charge in [-0.1, -0.05) is 20.8 Å². The number of aromatic nitrogens is 3. The average molecular weight is 258 g/mol. The second kappa shape index (κ2) is 4.58. The van der Waals surface area contributed by atoms with Crippen molar-refractivity contribution in [1.82, 2.24) is 14.8 Å². The summed E-state index contributed by atoms with van der Waals surface area (Å²) in [5, 5.41) is 8.74. The van der Waals surface area contributed by atoms with E-state index < -0.39 is 0 Å². The minimum Gasteiger partial charge on any atom is -0.381 e. The molecule has 1 aromatic rings. The summed E-state index contributed by atoms with van der Waals surface area (Å²) in [6.45, 7) is 6.39. The van der Waals surface area contributed by atoms with Gasteiger partial charge in [0.15, 0.2) is 0 Å². The Hall–Kier alpha value is -0.610. The molecule has 0 spiro atoms. The van der Waals surface area contributed by atoms with Crippen LogP contribution in [0.2, 0.25) is 5.28 Å². The van der Waals surface area contributed by atoms with Gasteiger partial charge in [-0.3, -0.25) is 4.57 Å². The Balaban J connectivity index is 2.29. The molecule has 0 amide bonds. The number of hydrogen-bond acceptors (Lipinski definition) is 3. The zero-order valence-corrected chi connectivity index (χ0v) is 11.7. The number of ether oxygens (including phenoxy) is 1. The first-order chi connectivity index (χ1) is 7.93. The fourth-order valence-electron chi connectivity index (χ4n) is 2.47. The van der Waals surface area contributed by atoms with Crippen molar-refractivity contribution in [2.45, 2.75) is 57.6 Å². The van der Waals surface area contributed by atoms with Crippen molar-refractivity contribution < 1.29 is 4.74 Å². The third-order valence-corrected chi connectivity index (χ3v) is 3.64. The normalized spacial score (nSPS) is 25.5. The molecule has 1 heterocycles. The minimum absolute atomic E-state index is 0.0364. The van der Waals surface area contributed by atoms with E-state index in [1.807, 2.05) is 0 Å². The van der Waals surface area contributed by atoms with Crippen LogP contribution in [0.4, 0.5) is 0 Å². The lowest BCUT2D eigenvalue weighted by atomic mass is 9.95. The van der Waals surface area contributed by atoms with E-state index in [9.17, 15) is 0 Å². The summed E-state index contributed by atoms with van der Waals surface area (Å²) >= 11 is 6.17. The first kappa shape index (κ1) is 12.8. The third kappa shape index (κ3) is 2.47. The highest BCUT2D eigenvalue weighted by Crippen LogP contribution is 2.36. The van der Waals surface area contributed by atoms with E-state index >= 15 is 0 Å². The van der Waals surface area contributed by atoms with Crippen LogP contribution in [0.1, 0.15) is 51.9 Å². The van der Waals surface area contributed by atoms with E-state index in [2.05, 4.69) is 35.5 Å². The van der Waals surface area contributed by atoms with Gasteiger partial charge in [-0.05, 0) is 30.9 Å². The number of halogens is 1. The Morgan fingerprint density at radius 3 is 2.53 bits per heavy atom. The van der Waals surface area contributed by atoms with Gasteiger partial charge in [0.05, 0.1) is 6.10 Å². The van der Waals surface area contributed by atoms with Gasteiger partial charge in [0.1, 0.15) is 5.82 Å². The molecule has 0 aliphatic heterocycles. The molecule has 2 unspecified atom stereocenters. The molecular formula is C12H20ClN3O. The summed E-state index contributed by atoms with van der Waals surface area (Å²) in [5.74, 6) is 0.962. The predicted molar refractivity (Wildman–Crippen MR) is 67.4 cm³/mol. The van der Waals surface area contributed by atoms with Crippen LogP contribution in [0.25, 0.3) is 0 Å². The van der Waals surface area contributed by atoms with E-state index in [0.717, 1.165) is 25.1 Å². The maximum atomic E-state index is 6.17. The fourth-order valence-corrected chi connectivity index (χ4v) is 2.73. The highest BCUT2D eigenvalue weighted by Gasteiger charge is 2.32. The molecular weight excluding hydrogens is 238 g/mol. The number of nitrogens with zero attached hydrogens (tertiary/aromatic N) is 3. The molecule has 1 aliphatic rings. The van der Waals surface area contributed by atoms with Crippen LogP contribution < -0.4 is 0 Å². The van der Waals surface area contributed by atoms with Gasteiger partial charge in [-0.15, -0.1) is 10.2 Å². The molecule has 2 rings (SSSR count). The Kier molecular flexibility index (Phi) is 3.46. The fraction of sp³-hybridized carbons (Fsp3) is 0.833. The quantitative estimate of drug-likeness (QED) is 0.818. The average Bonchev–Trinajstić information content (AvgIpc) is 2.81. The zero-order chi connectivity index (χ0) is 12.6. The van der Waals surface area contributed by atoms with Crippen LogP contribution in [0.5, 0.6) is 0 Å². The first-order valence-corrected chi connectivity index (χ1v) is 6.45. The van der Waals surface area contributed by atoms with Crippen LogP contribution in [0, 0.1) is 0 Å². The minimum atomic E-state index is -0.0364. The van der Waals surface area contributed by atoms with E-state index in [1.54, 1.807) is 7.11 Å². The molecule has 1 aromatic heterocycles. The van der Waals surface area contributed by atoms with E-state index in [0.29, 0.717) is 17.4 Å². The van der Waals surface area contributed by atoms with Crippen molar-refractivity contribution in [3.05, 3.63) is 11.1 Å². The van der Waals surface area contributed by atoms with E-state index in [1.165, 1.54) is 0 Å². The third-order valence-electron chi connectivity index (χ3n) is 3.38. The van der Waals surface area contributed by atoms with E-state index in [4.69, 9.17) is 16.3 Å². The smallest absolute Gasteiger partial charge is 0.225 e. The predicted octanol–water partition coefficient (Wildman–Crippen LogP) is 2.97. The monoisotopic (exact) mass is 257 g/mol. The maximum absolute atomic E-state index is 6.17. The van der Waals surface area contributed by atoms with Crippen LogP contribution in [-0.2, 0) is 10.2 Å². The molecule has 2 atom stereocenters. The van der Waals surface area contributed by atoms with Gasteiger partial charge in [0.25, 0.3) is 0 Å². The Morgan fingerprint density at radius 1 is 1.29 bits per heavy atom. The molecule has 0 bridgehead atoms. The topological polar surface area (TPSA) is 39.9 Å². The summed E-state index contributed by atoms with van der Waals surface area (Å²) in [6, 6.07) is 0.372. The molecule has 1 fully saturated rings. The number of methoxy groups -OCH3 is 1. The number of hydrogen-bond donors (Lipinski definition) is 0. The van der Waals surface area contributed by atoms with Crippen LogP contribution >= 0.6 is 11.6 Å². The largest absolute Gasteiger partial charge is 0.381 e. The summed E-state index contributed by atoms with van der Waals surface area (Å²) in [5.41, 5.74) is -0.0364. The maximum Gasteiger partial charge on any atom is 0.225 e. The Morgan fingerprint density at radius 2 is 2.00 bits per heavy atom. The zero-order valence-electron chi connectivity index (χ0n) is 10.9. The molecule has 0 saturated heterocycles. The highest BCUT2D eigenvalue weighted by molar-refractivity contribution is 6.28. The van der Waals surface area contributed by atoms with Gasteiger partial charge >= 0.3 is 0 Å². The number of rotatable bonds is 2. The molecule has 0 aromatic carbocycles. The van der Waals surface area contributed by atoms with Crippen LogP contribution in [-0.4, -0.2) is 28.0 Å². The molecule has 5 heteroatoms. The lowest BCUT2D eigenvalue weighted by Crippen LogP contribution is -2.22. The van der Waals surface area contributed by atoms with Crippen molar-refractivity contribution in [3.63, 3.8) is 0 Å². The standard InChI is InChI=1S/C12H20ClN3O/c1-12(2,3)10-14-15-11(13)16(10)8-5-6-9(7-8)17-4/h8-9H,5-7H2,1-4H3. The molecule has 4 nitrogen and oxygen atoms in total. The van der Waals surface area contributed by atoms with Gasteiger partial charge in [0, 0.05) is 18.6 Å². The Bertz CT molecular complexity index is 397. The van der Waals surface area contributed by atoms with Gasteiger partial charge in [0.2, 0.25) is 5.28 Å². The highest BCUT2D eigenvalue weighted by atomic mass is 35.5. The molecule has 96 valence electrons. The Labute approximate surface area is 107 Å². The SMILES string of the molecule is COC1CCC(n2c(Cl)nnc2C(C)(C)C)C1. The summed E-state index contributed by atoms with van der Waals surface area (Å²) in [6.07, 6.45) is 3.50. The lowest BCUT2D eigenvalue weighted by Gasteiger charge is -2.23. The summed E-state index contributed by atoms with van der Waals surface area (Å²) in [7, 11) is 1.77.